The topological polar surface area (TPSA) is 67.8 Å². The Kier molecular flexibility index (Phi) is 6.75. The van der Waals surface area contributed by atoms with Crippen molar-refractivity contribution < 1.29 is 19.4 Å². The van der Waals surface area contributed by atoms with Gasteiger partial charge >= 0.3 is 0 Å². The standard InChI is InChI=1S/C17H25NO4/c1-2-8-18-17(20)15-11-14(13-6-5-7-13)12-16(22-15)21-10-4-3-9-19/h1,11,13-14,16,19H,3-10,12H2,(H,18,20)/t14-,16+/m0/s1. The lowest BCUT2D eigenvalue weighted by molar-refractivity contribution is -0.152. The first kappa shape index (κ1) is 16.9. The first-order valence-electron chi connectivity index (χ1n) is 8.07. The van der Waals surface area contributed by atoms with Crippen molar-refractivity contribution in [3.8, 4) is 12.3 Å². The Balaban J connectivity index is 1.92. The molecule has 0 aromatic carbocycles. The molecule has 1 aliphatic heterocycles. The fourth-order valence-corrected chi connectivity index (χ4v) is 2.79. The number of carbonyl (C=O) groups is 1. The van der Waals surface area contributed by atoms with Crippen LogP contribution in [-0.4, -0.2) is 37.1 Å². The minimum absolute atomic E-state index is 0.166. The number of aliphatic hydroxyl groups excluding tert-OH is 1. The Bertz CT molecular complexity index is 436. The minimum atomic E-state index is -0.388. The van der Waals surface area contributed by atoms with Crippen LogP contribution in [0.25, 0.3) is 0 Å². The number of carbonyl (C=O) groups excluding carboxylic acids is 1. The average Bonchev–Trinajstić information content (AvgIpc) is 2.47. The maximum absolute atomic E-state index is 12.1. The molecule has 2 N–H and O–H groups in total. The Morgan fingerprint density at radius 3 is 2.95 bits per heavy atom. The molecule has 22 heavy (non-hydrogen) atoms. The molecule has 1 aliphatic carbocycles. The summed E-state index contributed by atoms with van der Waals surface area (Å²) in [6.07, 6.45) is 12.7. The highest BCUT2D eigenvalue weighted by Crippen LogP contribution is 2.39. The fourth-order valence-electron chi connectivity index (χ4n) is 2.79. The number of unbranched alkanes of at least 4 members (excludes halogenated alkanes) is 1. The number of aliphatic hydroxyl groups is 1. The lowest BCUT2D eigenvalue weighted by atomic mass is 9.73. The van der Waals surface area contributed by atoms with Gasteiger partial charge in [0.15, 0.2) is 5.76 Å². The molecule has 1 saturated carbocycles. The van der Waals surface area contributed by atoms with E-state index in [1.807, 2.05) is 6.08 Å². The quantitative estimate of drug-likeness (QED) is 0.528. The van der Waals surface area contributed by atoms with Crippen LogP contribution in [0, 0.1) is 24.2 Å². The van der Waals surface area contributed by atoms with Crippen molar-refractivity contribution in [1.82, 2.24) is 5.32 Å². The molecule has 5 nitrogen and oxygen atoms in total. The van der Waals surface area contributed by atoms with Crippen molar-refractivity contribution in [2.45, 2.75) is 44.8 Å². The smallest absolute Gasteiger partial charge is 0.286 e. The lowest BCUT2D eigenvalue weighted by Crippen LogP contribution is -2.36. The summed E-state index contributed by atoms with van der Waals surface area (Å²) in [6.45, 7) is 0.886. The van der Waals surface area contributed by atoms with E-state index in [1.165, 1.54) is 19.3 Å². The summed E-state index contributed by atoms with van der Waals surface area (Å²) in [5.41, 5.74) is 0. The Labute approximate surface area is 132 Å². The van der Waals surface area contributed by atoms with Gasteiger partial charge in [0.1, 0.15) is 0 Å². The van der Waals surface area contributed by atoms with Crippen LogP contribution in [0.5, 0.6) is 0 Å². The van der Waals surface area contributed by atoms with Gasteiger partial charge in [0.05, 0.1) is 13.2 Å². The maximum Gasteiger partial charge on any atom is 0.286 e. The van der Waals surface area contributed by atoms with Crippen LogP contribution in [0.3, 0.4) is 0 Å². The first-order valence-corrected chi connectivity index (χ1v) is 8.07. The average molecular weight is 307 g/mol. The lowest BCUT2D eigenvalue weighted by Gasteiger charge is -2.37. The SMILES string of the molecule is C#CCNC(=O)C1=C[C@H](C2CCC2)C[C@H](OCCCCO)O1. The summed E-state index contributed by atoms with van der Waals surface area (Å²) in [7, 11) is 0. The first-order chi connectivity index (χ1) is 10.7. The van der Waals surface area contributed by atoms with Gasteiger partial charge in [-0.3, -0.25) is 4.79 Å². The van der Waals surface area contributed by atoms with Gasteiger partial charge in [0.25, 0.3) is 5.91 Å². The van der Waals surface area contributed by atoms with Crippen molar-refractivity contribution >= 4 is 5.91 Å². The summed E-state index contributed by atoms with van der Waals surface area (Å²) in [5.74, 6) is 3.39. The molecule has 0 aromatic heterocycles. The third-order valence-corrected chi connectivity index (χ3v) is 4.27. The van der Waals surface area contributed by atoms with Gasteiger partial charge in [-0.2, -0.15) is 0 Å². The molecule has 0 saturated heterocycles. The Morgan fingerprint density at radius 1 is 1.50 bits per heavy atom. The van der Waals surface area contributed by atoms with E-state index >= 15 is 0 Å². The van der Waals surface area contributed by atoms with E-state index in [2.05, 4.69) is 11.2 Å². The highest BCUT2D eigenvalue weighted by Gasteiger charge is 2.34. The zero-order valence-corrected chi connectivity index (χ0v) is 12.9. The van der Waals surface area contributed by atoms with Crippen LogP contribution in [0.4, 0.5) is 0 Å². The highest BCUT2D eigenvalue weighted by molar-refractivity contribution is 5.91. The van der Waals surface area contributed by atoms with Crippen LogP contribution in [0.1, 0.15) is 38.5 Å². The Morgan fingerprint density at radius 2 is 2.32 bits per heavy atom. The number of rotatable bonds is 8. The van der Waals surface area contributed by atoms with Gasteiger partial charge in [0, 0.05) is 13.0 Å². The summed E-state index contributed by atoms with van der Waals surface area (Å²) in [4.78, 5) is 12.1. The molecule has 0 bridgehead atoms. The molecule has 0 radical (unpaired) electrons. The molecule has 1 fully saturated rings. The summed E-state index contributed by atoms with van der Waals surface area (Å²) in [6, 6.07) is 0. The molecular formula is C17H25NO4. The minimum Gasteiger partial charge on any atom is -0.459 e. The predicted octanol–water partition coefficient (Wildman–Crippen LogP) is 1.57. The normalized spacial score (nSPS) is 24.6. The summed E-state index contributed by atoms with van der Waals surface area (Å²) >= 11 is 0. The molecular weight excluding hydrogens is 282 g/mol. The highest BCUT2D eigenvalue weighted by atomic mass is 16.7. The third kappa shape index (κ3) is 4.75. The van der Waals surface area contributed by atoms with Crippen molar-refractivity contribution in [3.05, 3.63) is 11.8 Å². The van der Waals surface area contributed by atoms with Crippen molar-refractivity contribution in [2.75, 3.05) is 19.8 Å². The molecule has 0 spiro atoms. The van der Waals surface area contributed by atoms with Crippen LogP contribution >= 0.6 is 0 Å². The van der Waals surface area contributed by atoms with Crippen LogP contribution in [-0.2, 0) is 14.3 Å². The van der Waals surface area contributed by atoms with E-state index in [1.54, 1.807) is 0 Å². The van der Waals surface area contributed by atoms with Crippen molar-refractivity contribution in [1.29, 1.82) is 0 Å². The van der Waals surface area contributed by atoms with Crippen LogP contribution in [0.2, 0.25) is 0 Å². The number of amides is 1. The molecule has 5 heteroatoms. The second-order valence-electron chi connectivity index (χ2n) is 5.86. The Hall–Kier alpha value is -1.51. The maximum atomic E-state index is 12.1. The molecule has 2 aliphatic rings. The summed E-state index contributed by atoms with van der Waals surface area (Å²) < 4.78 is 11.4. The number of nitrogens with one attached hydrogen (secondary N) is 1. The van der Waals surface area contributed by atoms with Crippen LogP contribution in [0.15, 0.2) is 11.8 Å². The van der Waals surface area contributed by atoms with E-state index in [0.29, 0.717) is 30.6 Å². The predicted molar refractivity (Wildman–Crippen MR) is 82.5 cm³/mol. The van der Waals surface area contributed by atoms with E-state index in [0.717, 1.165) is 12.8 Å². The van der Waals surface area contributed by atoms with E-state index in [9.17, 15) is 4.79 Å². The molecule has 2 rings (SSSR count). The van der Waals surface area contributed by atoms with Gasteiger partial charge in [-0.15, -0.1) is 6.42 Å². The number of hydrogen-bond donors (Lipinski definition) is 2. The second kappa shape index (κ2) is 8.82. The van der Waals surface area contributed by atoms with Gasteiger partial charge in [0.2, 0.25) is 6.29 Å². The van der Waals surface area contributed by atoms with Crippen molar-refractivity contribution in [3.63, 3.8) is 0 Å². The molecule has 122 valence electrons. The fraction of sp³-hybridized carbons (Fsp3) is 0.706. The molecule has 0 unspecified atom stereocenters. The number of terminal acetylenes is 1. The summed E-state index contributed by atoms with van der Waals surface area (Å²) in [5, 5.41) is 11.4. The molecule has 0 aromatic rings. The van der Waals surface area contributed by atoms with Gasteiger partial charge < -0.3 is 19.9 Å². The number of ether oxygens (including phenoxy) is 2. The monoisotopic (exact) mass is 307 g/mol. The molecule has 1 amide bonds. The van der Waals surface area contributed by atoms with Gasteiger partial charge in [-0.25, -0.2) is 0 Å². The van der Waals surface area contributed by atoms with E-state index in [-0.39, 0.29) is 25.3 Å². The van der Waals surface area contributed by atoms with E-state index < -0.39 is 0 Å². The number of allylic oxidation sites excluding steroid dienone is 1. The second-order valence-corrected chi connectivity index (χ2v) is 5.86. The van der Waals surface area contributed by atoms with E-state index in [4.69, 9.17) is 21.0 Å². The van der Waals surface area contributed by atoms with Crippen LogP contribution < -0.4 is 5.32 Å². The molecule has 1 heterocycles. The zero-order valence-electron chi connectivity index (χ0n) is 12.9. The molecule has 2 atom stereocenters. The van der Waals surface area contributed by atoms with Gasteiger partial charge in [-0.05, 0) is 43.6 Å². The van der Waals surface area contributed by atoms with Gasteiger partial charge in [-0.1, -0.05) is 12.3 Å². The van der Waals surface area contributed by atoms with Crippen molar-refractivity contribution in [2.24, 2.45) is 11.8 Å². The largest absolute Gasteiger partial charge is 0.459 e. The third-order valence-electron chi connectivity index (χ3n) is 4.27. The number of hydrogen-bond acceptors (Lipinski definition) is 4. The zero-order chi connectivity index (χ0) is 15.8.